The first-order chi connectivity index (χ1) is 12.6. The zero-order valence-electron chi connectivity index (χ0n) is 14.9. The van der Waals surface area contributed by atoms with Gasteiger partial charge in [-0.2, -0.15) is 0 Å². The molecule has 0 amide bonds. The fourth-order valence-electron chi connectivity index (χ4n) is 4.41. The molecule has 26 heavy (non-hydrogen) atoms. The first-order valence-corrected chi connectivity index (χ1v) is 9.28. The lowest BCUT2D eigenvalue weighted by molar-refractivity contribution is -0.128. The maximum absolute atomic E-state index is 12.6. The molecule has 0 N–H and O–H groups in total. The molecule has 2 aromatic carbocycles. The minimum Gasteiger partial charge on any atom is -0.497 e. The van der Waals surface area contributed by atoms with Crippen LogP contribution in [-0.2, 0) is 4.79 Å². The zero-order valence-corrected chi connectivity index (χ0v) is 15.7. The van der Waals surface area contributed by atoms with Crippen LogP contribution in [0.2, 0.25) is 5.02 Å². The van der Waals surface area contributed by atoms with E-state index in [1.807, 2.05) is 42.5 Å². The van der Waals surface area contributed by atoms with E-state index < -0.39 is 0 Å². The molecule has 2 saturated heterocycles. The number of hydrogen-bond donors (Lipinski definition) is 0. The molecule has 0 aromatic heterocycles. The topological polar surface area (TPSA) is 38.8 Å². The van der Waals surface area contributed by atoms with Crippen LogP contribution >= 0.6 is 11.6 Å². The lowest BCUT2D eigenvalue weighted by Gasteiger charge is -2.52. The second-order valence-corrected chi connectivity index (χ2v) is 7.39. The number of piperidine rings is 2. The fraction of sp³-hybridized carbons (Fsp3) is 0.381. The number of carbonyl (C=O) groups is 1. The summed E-state index contributed by atoms with van der Waals surface area (Å²) in [5.41, 5.74) is 2.13. The molecule has 2 heterocycles. The fourth-order valence-corrected chi connectivity index (χ4v) is 4.53. The van der Waals surface area contributed by atoms with E-state index in [4.69, 9.17) is 21.1 Å². The summed E-state index contributed by atoms with van der Waals surface area (Å²) in [6.07, 6.45) is 2.56. The number of methoxy groups -OCH3 is 2. The second-order valence-electron chi connectivity index (χ2n) is 6.95. The summed E-state index contributed by atoms with van der Waals surface area (Å²) in [7, 11) is 3.31. The van der Waals surface area contributed by atoms with E-state index in [1.54, 1.807) is 14.2 Å². The number of halogens is 1. The number of nitrogens with zero attached hydrogens (tertiary/aromatic N) is 1. The van der Waals surface area contributed by atoms with Gasteiger partial charge in [0.1, 0.15) is 17.3 Å². The van der Waals surface area contributed by atoms with Crippen molar-refractivity contribution < 1.29 is 14.3 Å². The lowest BCUT2D eigenvalue weighted by atomic mass is 9.71. The Bertz CT molecular complexity index is 821. The monoisotopic (exact) mass is 371 g/mol. The van der Waals surface area contributed by atoms with Gasteiger partial charge in [0.05, 0.1) is 25.9 Å². The number of Topliss-reactive ketones (excluding diaryl/α,β-unsaturated/α-hetero) is 1. The third-order valence-corrected chi connectivity index (χ3v) is 5.86. The highest BCUT2D eigenvalue weighted by Crippen LogP contribution is 2.50. The van der Waals surface area contributed by atoms with Crippen LogP contribution in [0.3, 0.4) is 0 Å². The summed E-state index contributed by atoms with van der Waals surface area (Å²) >= 11 is 6.08. The summed E-state index contributed by atoms with van der Waals surface area (Å²) in [4.78, 5) is 15.0. The Balaban J connectivity index is 1.82. The first-order valence-electron chi connectivity index (χ1n) is 8.91. The predicted octanol–water partition coefficient (Wildman–Crippen LogP) is 4.66. The van der Waals surface area contributed by atoms with Crippen molar-refractivity contribution in [3.05, 3.63) is 53.1 Å². The van der Waals surface area contributed by atoms with Crippen LogP contribution in [0.5, 0.6) is 11.5 Å². The molecule has 3 atom stereocenters. The Morgan fingerprint density at radius 1 is 1.04 bits per heavy atom. The molecule has 5 heteroatoms. The summed E-state index contributed by atoms with van der Waals surface area (Å²) in [5.74, 6) is 1.90. The number of carbonyl (C=O) groups excluding carboxylic acids is 1. The quantitative estimate of drug-likeness (QED) is 0.783. The Kier molecular flexibility index (Phi) is 4.53. The molecule has 1 aliphatic carbocycles. The highest BCUT2D eigenvalue weighted by Gasteiger charge is 2.47. The minimum atomic E-state index is 0.00739. The Morgan fingerprint density at radius 2 is 1.81 bits per heavy atom. The van der Waals surface area contributed by atoms with E-state index >= 15 is 0 Å². The molecule has 2 bridgehead atoms. The molecule has 3 aliphatic rings. The number of anilines is 1. The van der Waals surface area contributed by atoms with Crippen LogP contribution < -0.4 is 14.4 Å². The van der Waals surface area contributed by atoms with Gasteiger partial charge >= 0.3 is 0 Å². The van der Waals surface area contributed by atoms with Crippen molar-refractivity contribution >= 4 is 23.1 Å². The second kappa shape index (κ2) is 6.84. The third-order valence-electron chi connectivity index (χ3n) is 5.61. The minimum absolute atomic E-state index is 0.00739. The summed E-state index contributed by atoms with van der Waals surface area (Å²) in [6.45, 7) is 0. The molecular weight excluding hydrogens is 350 g/mol. The number of ketones is 1. The van der Waals surface area contributed by atoms with Gasteiger partial charge in [-0.05, 0) is 42.7 Å². The number of rotatable bonds is 4. The smallest absolute Gasteiger partial charge is 0.145 e. The normalized spacial score (nSPS) is 24.7. The number of hydrogen-bond acceptors (Lipinski definition) is 4. The van der Waals surface area contributed by atoms with Gasteiger partial charge in [-0.1, -0.05) is 23.7 Å². The third kappa shape index (κ3) is 2.82. The largest absolute Gasteiger partial charge is 0.497 e. The van der Waals surface area contributed by atoms with E-state index in [1.165, 1.54) is 0 Å². The molecule has 4 nitrogen and oxygen atoms in total. The molecule has 2 aliphatic heterocycles. The zero-order chi connectivity index (χ0) is 18.3. The van der Waals surface area contributed by atoms with Crippen LogP contribution in [-0.4, -0.2) is 26.0 Å². The maximum Gasteiger partial charge on any atom is 0.145 e. The van der Waals surface area contributed by atoms with Crippen molar-refractivity contribution in [1.29, 1.82) is 0 Å². The van der Waals surface area contributed by atoms with E-state index in [-0.39, 0.29) is 18.0 Å². The van der Waals surface area contributed by atoms with Crippen LogP contribution in [0, 0.1) is 5.92 Å². The van der Waals surface area contributed by atoms with Crippen molar-refractivity contribution in [2.75, 3.05) is 19.1 Å². The van der Waals surface area contributed by atoms with Crippen molar-refractivity contribution in [1.82, 2.24) is 0 Å². The van der Waals surface area contributed by atoms with Gasteiger partial charge in [-0.25, -0.2) is 0 Å². The van der Waals surface area contributed by atoms with Crippen LogP contribution in [0.1, 0.15) is 30.9 Å². The maximum atomic E-state index is 12.6. The summed E-state index contributed by atoms with van der Waals surface area (Å²) in [5, 5.41) is 0.703. The molecular formula is C21H22ClNO3. The van der Waals surface area contributed by atoms with Gasteiger partial charge in [-0.15, -0.1) is 0 Å². The van der Waals surface area contributed by atoms with Crippen LogP contribution in [0.4, 0.5) is 5.69 Å². The molecule has 1 saturated carbocycles. The van der Waals surface area contributed by atoms with E-state index in [0.717, 1.165) is 35.6 Å². The summed E-state index contributed by atoms with van der Waals surface area (Å²) in [6, 6.07) is 13.9. The van der Waals surface area contributed by atoms with Gasteiger partial charge in [0.25, 0.3) is 0 Å². The lowest BCUT2D eigenvalue weighted by Crippen LogP contribution is -2.54. The van der Waals surface area contributed by atoms with E-state index in [0.29, 0.717) is 17.2 Å². The van der Waals surface area contributed by atoms with Gasteiger partial charge in [0.15, 0.2) is 0 Å². The number of ether oxygens (including phenoxy) is 2. The van der Waals surface area contributed by atoms with Crippen molar-refractivity contribution in [2.24, 2.45) is 5.92 Å². The summed E-state index contributed by atoms with van der Waals surface area (Å²) < 4.78 is 11.0. The van der Waals surface area contributed by atoms with Crippen molar-refractivity contribution in [2.45, 2.75) is 31.3 Å². The van der Waals surface area contributed by atoms with Crippen LogP contribution in [0.15, 0.2) is 42.5 Å². The van der Waals surface area contributed by atoms with E-state index in [9.17, 15) is 4.79 Å². The molecule has 3 unspecified atom stereocenters. The standard InChI is InChI=1S/C21H22ClNO3/c1-25-16-8-10-18(20(12-16)26-2)23-15-7-9-17(19(24)11-15)21(23)13-3-5-14(22)6-4-13/h3-6,8,10,12,15,17,21H,7,9,11H2,1-2H3. The molecule has 2 aromatic rings. The Hall–Kier alpha value is -2.20. The Labute approximate surface area is 158 Å². The van der Waals surface area contributed by atoms with Crippen molar-refractivity contribution in [3.63, 3.8) is 0 Å². The molecule has 5 rings (SSSR count). The average molecular weight is 372 g/mol. The predicted molar refractivity (Wildman–Crippen MR) is 102 cm³/mol. The SMILES string of the molecule is COc1ccc(N2C3CCC(C(=O)C3)C2c2ccc(Cl)cc2)c(OC)c1. The van der Waals surface area contributed by atoms with Gasteiger partial charge in [-0.3, -0.25) is 4.79 Å². The number of fused-ring (bicyclic) bond motifs is 3. The number of benzene rings is 2. The van der Waals surface area contributed by atoms with Gasteiger partial charge < -0.3 is 14.4 Å². The average Bonchev–Trinajstić information content (AvgIpc) is 2.68. The van der Waals surface area contributed by atoms with Crippen molar-refractivity contribution in [3.8, 4) is 11.5 Å². The highest BCUT2D eigenvalue weighted by atomic mass is 35.5. The highest BCUT2D eigenvalue weighted by molar-refractivity contribution is 6.30. The molecule has 0 radical (unpaired) electrons. The molecule has 136 valence electrons. The van der Waals surface area contributed by atoms with Gasteiger partial charge in [0.2, 0.25) is 0 Å². The van der Waals surface area contributed by atoms with Gasteiger partial charge in [0, 0.05) is 29.5 Å². The van der Waals surface area contributed by atoms with Crippen LogP contribution in [0.25, 0.3) is 0 Å². The molecule has 0 spiro atoms. The Morgan fingerprint density at radius 3 is 2.46 bits per heavy atom. The molecule has 3 fully saturated rings. The first kappa shape index (κ1) is 17.2. The van der Waals surface area contributed by atoms with E-state index in [2.05, 4.69) is 4.90 Å².